The number of hydrogen-bond acceptors (Lipinski definition) is 3. The Labute approximate surface area is 115 Å². The maximum Gasteiger partial charge on any atom is 0.229 e. The van der Waals surface area contributed by atoms with Gasteiger partial charge in [-0.2, -0.15) is 0 Å². The van der Waals surface area contributed by atoms with E-state index in [4.69, 9.17) is 22.7 Å². The summed E-state index contributed by atoms with van der Waals surface area (Å²) in [6, 6.07) is 0. The summed E-state index contributed by atoms with van der Waals surface area (Å²) in [7, 11) is 0. The van der Waals surface area contributed by atoms with E-state index in [1.807, 2.05) is 20.8 Å². The molecule has 104 valence electrons. The van der Waals surface area contributed by atoms with Crippen LogP contribution in [-0.4, -0.2) is 41.1 Å². The third-order valence-electron chi connectivity index (χ3n) is 3.68. The fraction of sp³-hybridized carbons (Fsp3) is 0.846. The van der Waals surface area contributed by atoms with Gasteiger partial charge in [0.05, 0.1) is 29.7 Å². The number of thiocarbonyl (C=S) groups is 1. The molecule has 18 heavy (non-hydrogen) atoms. The van der Waals surface area contributed by atoms with Crippen molar-refractivity contribution in [2.45, 2.75) is 46.3 Å². The molecule has 0 bridgehead atoms. The Morgan fingerprint density at radius 3 is 2.33 bits per heavy atom. The topological polar surface area (TPSA) is 55.6 Å². The van der Waals surface area contributed by atoms with Crippen LogP contribution in [0.15, 0.2) is 0 Å². The molecule has 0 aromatic carbocycles. The van der Waals surface area contributed by atoms with E-state index in [9.17, 15) is 4.79 Å². The number of ether oxygens (including phenoxy) is 1. The van der Waals surface area contributed by atoms with E-state index < -0.39 is 0 Å². The Morgan fingerprint density at radius 1 is 1.33 bits per heavy atom. The minimum absolute atomic E-state index is 0.0341. The molecule has 1 aliphatic heterocycles. The summed E-state index contributed by atoms with van der Waals surface area (Å²) in [4.78, 5) is 14.7. The number of nitrogens with zero attached hydrogens (tertiary/aromatic N) is 1. The molecule has 1 heterocycles. The molecule has 4 nitrogen and oxygen atoms in total. The van der Waals surface area contributed by atoms with Gasteiger partial charge in [-0.15, -0.1) is 0 Å². The number of rotatable bonds is 5. The first-order valence-electron chi connectivity index (χ1n) is 6.61. The van der Waals surface area contributed by atoms with E-state index in [2.05, 4.69) is 6.92 Å². The number of carbonyl (C=O) groups excluding carboxylic acids is 1. The van der Waals surface area contributed by atoms with Crippen LogP contribution in [0.4, 0.5) is 0 Å². The minimum atomic E-state index is -0.0825. The molecule has 0 spiro atoms. The number of nitrogens with two attached hydrogens (primary N) is 1. The zero-order valence-electron chi connectivity index (χ0n) is 11.7. The maximum atomic E-state index is 12.6. The zero-order valence-corrected chi connectivity index (χ0v) is 12.5. The van der Waals surface area contributed by atoms with Gasteiger partial charge in [-0.25, -0.2) is 0 Å². The summed E-state index contributed by atoms with van der Waals surface area (Å²) in [5.41, 5.74) is 5.56. The first kappa shape index (κ1) is 15.4. The lowest BCUT2D eigenvalue weighted by molar-refractivity contribution is -0.137. The van der Waals surface area contributed by atoms with E-state index in [1.54, 1.807) is 4.90 Å². The highest BCUT2D eigenvalue weighted by Crippen LogP contribution is 2.33. The number of amides is 1. The van der Waals surface area contributed by atoms with Crippen LogP contribution in [0.3, 0.4) is 0 Å². The minimum Gasteiger partial charge on any atom is -0.392 e. The van der Waals surface area contributed by atoms with Crippen LogP contribution in [0.2, 0.25) is 0 Å². The summed E-state index contributed by atoms with van der Waals surface area (Å²) in [5.74, 6) is 0.271. The summed E-state index contributed by atoms with van der Waals surface area (Å²) < 4.78 is 5.73. The van der Waals surface area contributed by atoms with Gasteiger partial charge in [0.15, 0.2) is 0 Å². The lowest BCUT2D eigenvalue weighted by Gasteiger charge is -2.27. The quantitative estimate of drug-likeness (QED) is 0.772. The highest BCUT2D eigenvalue weighted by atomic mass is 32.1. The molecule has 5 heteroatoms. The molecule has 2 N–H and O–H groups in total. The molecule has 1 saturated heterocycles. The molecule has 0 aliphatic carbocycles. The second-order valence-electron chi connectivity index (χ2n) is 5.16. The van der Waals surface area contributed by atoms with Crippen LogP contribution in [-0.2, 0) is 9.53 Å². The normalized spacial score (nSPS) is 31.3. The van der Waals surface area contributed by atoms with Gasteiger partial charge in [0, 0.05) is 6.54 Å². The van der Waals surface area contributed by atoms with Gasteiger partial charge >= 0.3 is 0 Å². The second kappa shape index (κ2) is 6.48. The predicted octanol–water partition coefficient (Wildman–Crippen LogP) is 1.57. The van der Waals surface area contributed by atoms with Crippen molar-refractivity contribution >= 4 is 23.1 Å². The molecular formula is C13H24N2O2S. The molecule has 4 atom stereocenters. The molecule has 0 radical (unpaired) electrons. The van der Waals surface area contributed by atoms with Crippen molar-refractivity contribution in [3.8, 4) is 0 Å². The maximum absolute atomic E-state index is 12.6. The third kappa shape index (κ3) is 3.42. The molecule has 4 unspecified atom stereocenters. The Morgan fingerprint density at radius 2 is 1.94 bits per heavy atom. The second-order valence-corrected chi connectivity index (χ2v) is 5.68. The SMILES string of the molecule is CCCN(CC(N)=S)C(=O)C1C(C)OC(C)C1C. The van der Waals surface area contributed by atoms with E-state index in [1.165, 1.54) is 0 Å². The average Bonchev–Trinajstić information content (AvgIpc) is 2.51. The third-order valence-corrected chi connectivity index (χ3v) is 3.81. The smallest absolute Gasteiger partial charge is 0.229 e. The summed E-state index contributed by atoms with van der Waals surface area (Å²) in [6.07, 6.45) is 0.996. The molecule has 0 aromatic rings. The number of carbonyl (C=O) groups is 1. The van der Waals surface area contributed by atoms with Gasteiger partial charge in [-0.1, -0.05) is 26.1 Å². The van der Waals surface area contributed by atoms with Gasteiger partial charge < -0.3 is 15.4 Å². The summed E-state index contributed by atoms with van der Waals surface area (Å²) in [5, 5.41) is 0. The molecule has 0 saturated carbocycles. The predicted molar refractivity (Wildman–Crippen MR) is 76.3 cm³/mol. The van der Waals surface area contributed by atoms with E-state index >= 15 is 0 Å². The first-order valence-corrected chi connectivity index (χ1v) is 7.01. The van der Waals surface area contributed by atoms with Crippen molar-refractivity contribution in [2.24, 2.45) is 17.6 Å². The van der Waals surface area contributed by atoms with Gasteiger partial charge in [-0.3, -0.25) is 4.79 Å². The fourth-order valence-corrected chi connectivity index (χ4v) is 2.78. The Balaban J connectivity index is 2.78. The van der Waals surface area contributed by atoms with Crippen LogP contribution in [0, 0.1) is 11.8 Å². The van der Waals surface area contributed by atoms with Crippen LogP contribution in [0.1, 0.15) is 34.1 Å². The van der Waals surface area contributed by atoms with Gasteiger partial charge in [-0.05, 0) is 26.2 Å². The first-order chi connectivity index (χ1) is 8.38. The van der Waals surface area contributed by atoms with Crippen molar-refractivity contribution in [3.05, 3.63) is 0 Å². The molecule has 1 amide bonds. The summed E-state index contributed by atoms with van der Waals surface area (Å²) >= 11 is 4.91. The Kier molecular flexibility index (Phi) is 5.53. The molecule has 1 aliphatic rings. The molecule has 1 rings (SSSR count). The lowest BCUT2D eigenvalue weighted by atomic mass is 9.88. The van der Waals surface area contributed by atoms with E-state index in [0.29, 0.717) is 18.1 Å². The zero-order chi connectivity index (χ0) is 13.9. The van der Waals surface area contributed by atoms with Crippen molar-refractivity contribution < 1.29 is 9.53 Å². The van der Waals surface area contributed by atoms with Crippen molar-refractivity contribution in [1.82, 2.24) is 4.90 Å². The molecule has 0 aromatic heterocycles. The van der Waals surface area contributed by atoms with Gasteiger partial charge in [0.25, 0.3) is 0 Å². The van der Waals surface area contributed by atoms with E-state index in [0.717, 1.165) is 6.42 Å². The standard InChI is InChI=1S/C13H24N2O2S/c1-5-6-15(7-11(14)18)13(16)12-8(2)9(3)17-10(12)4/h8-10,12H,5-7H2,1-4H3,(H2,14,18). The van der Waals surface area contributed by atoms with Crippen molar-refractivity contribution in [2.75, 3.05) is 13.1 Å². The summed E-state index contributed by atoms with van der Waals surface area (Å²) in [6.45, 7) is 9.16. The van der Waals surface area contributed by atoms with Crippen molar-refractivity contribution in [3.63, 3.8) is 0 Å². The van der Waals surface area contributed by atoms with Crippen LogP contribution >= 0.6 is 12.2 Å². The monoisotopic (exact) mass is 272 g/mol. The largest absolute Gasteiger partial charge is 0.392 e. The number of hydrogen-bond donors (Lipinski definition) is 1. The van der Waals surface area contributed by atoms with Gasteiger partial charge in [0.2, 0.25) is 5.91 Å². The Bertz CT molecular complexity index is 322. The highest BCUT2D eigenvalue weighted by molar-refractivity contribution is 7.80. The van der Waals surface area contributed by atoms with Crippen LogP contribution in [0.25, 0.3) is 0 Å². The van der Waals surface area contributed by atoms with Crippen LogP contribution in [0.5, 0.6) is 0 Å². The van der Waals surface area contributed by atoms with Crippen molar-refractivity contribution in [1.29, 1.82) is 0 Å². The molecular weight excluding hydrogens is 248 g/mol. The average molecular weight is 272 g/mol. The Hall–Kier alpha value is -0.680. The van der Waals surface area contributed by atoms with Crippen LogP contribution < -0.4 is 5.73 Å². The fourth-order valence-electron chi connectivity index (χ4n) is 2.63. The highest BCUT2D eigenvalue weighted by Gasteiger charge is 2.43. The van der Waals surface area contributed by atoms with E-state index in [-0.39, 0.29) is 30.0 Å². The lowest BCUT2D eigenvalue weighted by Crippen LogP contribution is -2.44. The van der Waals surface area contributed by atoms with Gasteiger partial charge in [0.1, 0.15) is 0 Å². The molecule has 1 fully saturated rings.